The van der Waals surface area contributed by atoms with Crippen LogP contribution in [0, 0.1) is 0 Å². The zero-order valence-corrected chi connectivity index (χ0v) is 11.0. The minimum absolute atomic E-state index is 0.0642. The second-order valence-corrected chi connectivity index (χ2v) is 4.58. The van der Waals surface area contributed by atoms with Crippen molar-refractivity contribution in [3.63, 3.8) is 0 Å². The first-order chi connectivity index (χ1) is 8.66. The molecule has 1 heterocycles. The summed E-state index contributed by atoms with van der Waals surface area (Å²) in [7, 11) is 0. The number of phenolic OH excluding ortho intramolecular Hbond substituents is 1. The average molecular weight is 287 g/mol. The van der Waals surface area contributed by atoms with Gasteiger partial charge in [-0.1, -0.05) is 28.4 Å². The third kappa shape index (κ3) is 3.35. The molecule has 0 atom stereocenters. The number of halogens is 2. The molecule has 0 spiro atoms. The predicted molar refractivity (Wildman–Crippen MR) is 69.9 cm³/mol. The molecule has 0 saturated carbocycles. The van der Waals surface area contributed by atoms with Gasteiger partial charge in [-0.05, 0) is 12.1 Å². The lowest BCUT2D eigenvalue weighted by molar-refractivity contribution is 0.462. The predicted octanol–water partition coefficient (Wildman–Crippen LogP) is 2.08. The van der Waals surface area contributed by atoms with Crippen molar-refractivity contribution < 1.29 is 5.11 Å². The highest BCUT2D eigenvalue weighted by molar-refractivity contribution is 6.35. The van der Waals surface area contributed by atoms with E-state index in [1.807, 2.05) is 0 Å². The van der Waals surface area contributed by atoms with Gasteiger partial charge >= 0.3 is 0 Å². The van der Waals surface area contributed by atoms with Crippen molar-refractivity contribution in [2.24, 2.45) is 0 Å². The van der Waals surface area contributed by atoms with Gasteiger partial charge in [0.1, 0.15) is 5.75 Å². The summed E-state index contributed by atoms with van der Waals surface area (Å²) in [4.78, 5) is 0. The minimum atomic E-state index is 0.0642. The van der Waals surface area contributed by atoms with Crippen LogP contribution in [0.25, 0.3) is 0 Å². The van der Waals surface area contributed by atoms with Crippen molar-refractivity contribution in [1.29, 1.82) is 0 Å². The van der Waals surface area contributed by atoms with Gasteiger partial charge in [-0.2, -0.15) is 0 Å². The molecule has 0 unspecified atom stereocenters. The quantitative estimate of drug-likeness (QED) is 0.826. The Bertz CT molecular complexity index is 516. The first-order valence-corrected chi connectivity index (χ1v) is 6.14. The topological polar surface area (TPSA) is 63.0 Å². The second kappa shape index (κ2) is 6.04. The molecule has 2 aromatic rings. The molecule has 96 valence electrons. The number of rotatable bonds is 5. The van der Waals surface area contributed by atoms with E-state index in [1.165, 1.54) is 6.07 Å². The number of hydrogen-bond donors (Lipinski definition) is 2. The van der Waals surface area contributed by atoms with Gasteiger partial charge < -0.3 is 10.4 Å². The van der Waals surface area contributed by atoms with Crippen molar-refractivity contribution in [3.8, 4) is 5.75 Å². The molecule has 2 N–H and O–H groups in total. The van der Waals surface area contributed by atoms with E-state index in [0.29, 0.717) is 30.2 Å². The molecule has 0 bridgehead atoms. The molecule has 0 aliphatic carbocycles. The van der Waals surface area contributed by atoms with E-state index < -0.39 is 0 Å². The lowest BCUT2D eigenvalue weighted by atomic mass is 10.2. The van der Waals surface area contributed by atoms with Gasteiger partial charge in [-0.15, -0.1) is 5.10 Å². The normalized spacial score (nSPS) is 10.8. The van der Waals surface area contributed by atoms with E-state index >= 15 is 0 Å². The van der Waals surface area contributed by atoms with Crippen molar-refractivity contribution in [3.05, 3.63) is 40.1 Å². The van der Waals surface area contributed by atoms with E-state index in [1.54, 1.807) is 23.1 Å². The van der Waals surface area contributed by atoms with E-state index in [2.05, 4.69) is 15.6 Å². The fourth-order valence-electron chi connectivity index (χ4n) is 1.52. The maximum absolute atomic E-state index is 9.75. The summed E-state index contributed by atoms with van der Waals surface area (Å²) < 4.78 is 1.72. The Kier molecular flexibility index (Phi) is 4.41. The zero-order chi connectivity index (χ0) is 13.0. The van der Waals surface area contributed by atoms with Crippen molar-refractivity contribution in [1.82, 2.24) is 20.3 Å². The highest BCUT2D eigenvalue weighted by atomic mass is 35.5. The fraction of sp³-hybridized carbons (Fsp3) is 0.273. The molecule has 1 aromatic carbocycles. The number of aromatic nitrogens is 3. The summed E-state index contributed by atoms with van der Waals surface area (Å²) in [5, 5.41) is 21.2. The van der Waals surface area contributed by atoms with E-state index in [4.69, 9.17) is 23.2 Å². The molecule has 18 heavy (non-hydrogen) atoms. The Balaban J connectivity index is 1.86. The molecule has 7 heteroatoms. The van der Waals surface area contributed by atoms with Gasteiger partial charge in [0, 0.05) is 29.9 Å². The van der Waals surface area contributed by atoms with Gasteiger partial charge in [0.25, 0.3) is 0 Å². The summed E-state index contributed by atoms with van der Waals surface area (Å²) in [6.45, 7) is 1.89. The van der Waals surface area contributed by atoms with Crippen LogP contribution >= 0.6 is 23.2 Å². The van der Waals surface area contributed by atoms with Crippen LogP contribution in [0.3, 0.4) is 0 Å². The summed E-state index contributed by atoms with van der Waals surface area (Å²) in [5.74, 6) is 0.0642. The molecule has 0 aliphatic heterocycles. The third-order valence-electron chi connectivity index (χ3n) is 2.41. The van der Waals surface area contributed by atoms with Gasteiger partial charge in [-0.25, -0.2) is 0 Å². The summed E-state index contributed by atoms with van der Waals surface area (Å²) in [6, 6.07) is 3.20. The lowest BCUT2D eigenvalue weighted by Gasteiger charge is -2.08. The fourth-order valence-corrected chi connectivity index (χ4v) is 2.06. The van der Waals surface area contributed by atoms with Crippen molar-refractivity contribution in [2.45, 2.75) is 13.1 Å². The maximum atomic E-state index is 9.75. The number of hydrogen-bond acceptors (Lipinski definition) is 4. The highest BCUT2D eigenvalue weighted by Crippen LogP contribution is 2.30. The average Bonchev–Trinajstić information content (AvgIpc) is 2.83. The molecule has 0 radical (unpaired) electrons. The van der Waals surface area contributed by atoms with Gasteiger partial charge in [0.15, 0.2) is 0 Å². The molecule has 0 amide bonds. The van der Waals surface area contributed by atoms with Crippen molar-refractivity contribution in [2.75, 3.05) is 6.54 Å². The Morgan fingerprint density at radius 3 is 2.89 bits per heavy atom. The molecule has 5 nitrogen and oxygen atoms in total. The first kappa shape index (κ1) is 13.1. The molecule has 0 aliphatic rings. The summed E-state index contributed by atoms with van der Waals surface area (Å²) in [5.41, 5.74) is 0.672. The van der Waals surface area contributed by atoms with Gasteiger partial charge in [-0.3, -0.25) is 4.68 Å². The van der Waals surface area contributed by atoms with Crippen LogP contribution in [-0.4, -0.2) is 26.6 Å². The van der Waals surface area contributed by atoms with Crippen LogP contribution in [0.15, 0.2) is 24.5 Å². The number of aromatic hydroxyl groups is 1. The Morgan fingerprint density at radius 2 is 2.17 bits per heavy atom. The van der Waals surface area contributed by atoms with Crippen LogP contribution < -0.4 is 5.32 Å². The van der Waals surface area contributed by atoms with Crippen LogP contribution in [0.5, 0.6) is 5.75 Å². The largest absolute Gasteiger partial charge is 0.506 e. The third-order valence-corrected chi connectivity index (χ3v) is 2.92. The Hall–Kier alpha value is -1.30. The number of nitrogens with zero attached hydrogens (tertiary/aromatic N) is 3. The van der Waals surface area contributed by atoms with Crippen molar-refractivity contribution >= 4 is 23.2 Å². The molecular weight excluding hydrogens is 275 g/mol. The zero-order valence-electron chi connectivity index (χ0n) is 9.48. The summed E-state index contributed by atoms with van der Waals surface area (Å²) >= 11 is 11.7. The second-order valence-electron chi connectivity index (χ2n) is 3.74. The van der Waals surface area contributed by atoms with Crippen LogP contribution in [0.4, 0.5) is 0 Å². The molecule has 2 rings (SSSR count). The molecule has 0 fully saturated rings. The van der Waals surface area contributed by atoms with Crippen LogP contribution in [-0.2, 0) is 13.1 Å². The highest BCUT2D eigenvalue weighted by Gasteiger charge is 2.07. The molecular formula is C11H12Cl2N4O. The molecule has 1 aromatic heterocycles. The van der Waals surface area contributed by atoms with Gasteiger partial charge in [0.2, 0.25) is 0 Å². The van der Waals surface area contributed by atoms with Crippen LogP contribution in [0.1, 0.15) is 5.56 Å². The Labute approximate surface area is 114 Å². The Morgan fingerprint density at radius 1 is 1.33 bits per heavy atom. The summed E-state index contributed by atoms with van der Waals surface area (Å²) in [6.07, 6.45) is 3.41. The van der Waals surface area contributed by atoms with Gasteiger partial charge in [0.05, 0.1) is 17.8 Å². The molecule has 0 saturated heterocycles. The van der Waals surface area contributed by atoms with E-state index in [0.717, 1.165) is 0 Å². The monoisotopic (exact) mass is 286 g/mol. The van der Waals surface area contributed by atoms with Crippen LogP contribution in [0.2, 0.25) is 10.0 Å². The standard InChI is InChI=1S/C11H12Cl2N4O/c12-9-5-8(11(18)10(13)6-9)7-14-1-3-17-4-2-15-16-17/h2,4-6,14,18H,1,3,7H2. The first-order valence-electron chi connectivity index (χ1n) is 5.38. The maximum Gasteiger partial charge on any atom is 0.138 e. The van der Waals surface area contributed by atoms with E-state index in [9.17, 15) is 5.11 Å². The number of benzene rings is 1. The number of phenols is 1. The number of nitrogens with one attached hydrogen (secondary N) is 1. The van der Waals surface area contributed by atoms with E-state index in [-0.39, 0.29) is 10.8 Å². The minimum Gasteiger partial charge on any atom is -0.506 e. The lowest BCUT2D eigenvalue weighted by Crippen LogP contribution is -2.19. The smallest absolute Gasteiger partial charge is 0.138 e. The SMILES string of the molecule is Oc1c(Cl)cc(Cl)cc1CNCCn1ccnn1.